The highest BCUT2D eigenvalue weighted by Crippen LogP contribution is 2.22. The van der Waals surface area contributed by atoms with Crippen molar-refractivity contribution >= 4 is 40.5 Å². The first-order chi connectivity index (χ1) is 14.7. The number of carbonyl (C=O) groups is 2. The highest BCUT2D eigenvalue weighted by atomic mass is 35.5. The Morgan fingerprint density at radius 1 is 1.03 bits per heavy atom. The number of benzene rings is 2. The van der Waals surface area contributed by atoms with Gasteiger partial charge in [-0.1, -0.05) is 41.9 Å². The zero-order valence-corrected chi connectivity index (χ0v) is 18.3. The Morgan fingerprint density at radius 3 is 2.29 bits per heavy atom. The third-order valence-electron chi connectivity index (χ3n) is 4.81. The van der Waals surface area contributed by atoms with Crippen molar-refractivity contribution in [3.8, 4) is 0 Å². The van der Waals surface area contributed by atoms with Gasteiger partial charge in [-0.05, 0) is 42.3 Å². The van der Waals surface area contributed by atoms with E-state index < -0.39 is 0 Å². The molecule has 0 saturated carbocycles. The van der Waals surface area contributed by atoms with Crippen LogP contribution in [0.5, 0.6) is 0 Å². The number of hydrogen-bond acceptors (Lipinski definition) is 5. The molecule has 7 heteroatoms. The van der Waals surface area contributed by atoms with Crippen LogP contribution in [0, 0.1) is 5.41 Å². The summed E-state index contributed by atoms with van der Waals surface area (Å²) in [5.41, 5.74) is 3.61. The Morgan fingerprint density at radius 2 is 1.71 bits per heavy atom. The molecule has 3 aromatic rings. The Kier molecular flexibility index (Phi) is 6.82. The standard InChI is InChI=1S/C24H23ClN4O2/c1-15(26)16-4-6-17(7-5-16)22(30)12-18-8-10-20(29(2)3)13-21(18)24(31)28-23-11-9-19(25)14-27-23/h4-11,13-14,26H,12H2,1-3H3,(H,27,28,31). The van der Waals surface area contributed by atoms with Crippen molar-refractivity contribution < 1.29 is 9.59 Å². The first kappa shape index (κ1) is 22.2. The van der Waals surface area contributed by atoms with Gasteiger partial charge in [0.25, 0.3) is 5.91 Å². The van der Waals surface area contributed by atoms with E-state index in [-0.39, 0.29) is 18.1 Å². The lowest BCUT2D eigenvalue weighted by atomic mass is 9.96. The maximum absolute atomic E-state index is 13.0. The summed E-state index contributed by atoms with van der Waals surface area (Å²) < 4.78 is 0. The summed E-state index contributed by atoms with van der Waals surface area (Å²) in [6, 6.07) is 15.6. The molecule has 0 atom stereocenters. The fourth-order valence-electron chi connectivity index (χ4n) is 3.02. The lowest BCUT2D eigenvalue weighted by Gasteiger charge is -2.16. The molecule has 2 N–H and O–H groups in total. The summed E-state index contributed by atoms with van der Waals surface area (Å²) in [5, 5.41) is 10.9. The fraction of sp³-hybridized carbons (Fsp3) is 0.167. The van der Waals surface area contributed by atoms with E-state index in [9.17, 15) is 9.59 Å². The average Bonchev–Trinajstić information content (AvgIpc) is 2.75. The molecular formula is C24H23ClN4O2. The number of nitrogens with zero attached hydrogens (tertiary/aromatic N) is 2. The quantitative estimate of drug-likeness (QED) is 0.410. The van der Waals surface area contributed by atoms with Crippen molar-refractivity contribution in [2.24, 2.45) is 0 Å². The molecule has 3 rings (SSSR count). The van der Waals surface area contributed by atoms with Gasteiger partial charge in [0.05, 0.1) is 5.02 Å². The van der Waals surface area contributed by atoms with Gasteiger partial charge in [0.15, 0.2) is 5.78 Å². The second-order valence-corrected chi connectivity index (χ2v) is 7.79. The first-order valence-electron chi connectivity index (χ1n) is 9.66. The van der Waals surface area contributed by atoms with E-state index in [1.165, 1.54) is 6.20 Å². The summed E-state index contributed by atoms with van der Waals surface area (Å²) in [4.78, 5) is 31.9. The second kappa shape index (κ2) is 9.53. The molecule has 0 radical (unpaired) electrons. The minimum absolute atomic E-state index is 0.0768. The molecule has 0 bridgehead atoms. The zero-order valence-electron chi connectivity index (χ0n) is 17.6. The third kappa shape index (κ3) is 5.55. The van der Waals surface area contributed by atoms with Crippen LogP contribution in [0.3, 0.4) is 0 Å². The van der Waals surface area contributed by atoms with E-state index in [0.717, 1.165) is 11.3 Å². The van der Waals surface area contributed by atoms with E-state index in [1.54, 1.807) is 55.5 Å². The largest absolute Gasteiger partial charge is 0.378 e. The van der Waals surface area contributed by atoms with Crippen LogP contribution in [-0.4, -0.2) is 36.5 Å². The minimum Gasteiger partial charge on any atom is -0.378 e. The normalized spacial score (nSPS) is 10.5. The van der Waals surface area contributed by atoms with Crippen LogP contribution in [0.15, 0.2) is 60.8 Å². The van der Waals surface area contributed by atoms with Crippen LogP contribution in [-0.2, 0) is 6.42 Å². The molecule has 31 heavy (non-hydrogen) atoms. The van der Waals surface area contributed by atoms with E-state index in [2.05, 4.69) is 10.3 Å². The van der Waals surface area contributed by atoms with Gasteiger partial charge in [0, 0.05) is 49.2 Å². The topological polar surface area (TPSA) is 86.2 Å². The third-order valence-corrected chi connectivity index (χ3v) is 5.04. The van der Waals surface area contributed by atoms with Crippen LogP contribution < -0.4 is 10.2 Å². The number of hydrogen-bond donors (Lipinski definition) is 2. The van der Waals surface area contributed by atoms with Crippen LogP contribution in [0.25, 0.3) is 0 Å². The van der Waals surface area contributed by atoms with Crippen LogP contribution in [0.4, 0.5) is 11.5 Å². The van der Waals surface area contributed by atoms with Crippen LogP contribution in [0.2, 0.25) is 5.02 Å². The summed E-state index contributed by atoms with van der Waals surface area (Å²) in [6.07, 6.45) is 1.53. The molecule has 158 valence electrons. The van der Waals surface area contributed by atoms with Crippen LogP contribution >= 0.6 is 11.6 Å². The summed E-state index contributed by atoms with van der Waals surface area (Å²) in [6.45, 7) is 1.70. The smallest absolute Gasteiger partial charge is 0.257 e. The number of rotatable bonds is 7. The number of ketones is 1. The van der Waals surface area contributed by atoms with Crippen molar-refractivity contribution in [1.82, 2.24) is 4.98 Å². The molecule has 0 fully saturated rings. The second-order valence-electron chi connectivity index (χ2n) is 7.35. The number of Topliss-reactive ketones (excluding diaryl/α,β-unsaturated/α-hetero) is 1. The van der Waals surface area contributed by atoms with Gasteiger partial charge in [0.1, 0.15) is 5.82 Å². The molecule has 1 aromatic heterocycles. The van der Waals surface area contributed by atoms with Crippen molar-refractivity contribution in [1.29, 1.82) is 5.41 Å². The van der Waals surface area contributed by atoms with Crippen molar-refractivity contribution in [3.05, 3.63) is 88.1 Å². The molecule has 2 aromatic carbocycles. The number of pyridine rings is 1. The molecule has 0 saturated heterocycles. The molecule has 1 heterocycles. The van der Waals surface area contributed by atoms with Gasteiger partial charge in [-0.2, -0.15) is 0 Å². The Bertz CT molecular complexity index is 1120. The predicted molar refractivity (Wildman–Crippen MR) is 125 cm³/mol. The maximum atomic E-state index is 13.0. The van der Waals surface area contributed by atoms with Crippen molar-refractivity contribution in [3.63, 3.8) is 0 Å². The van der Waals surface area contributed by atoms with Crippen LogP contribution in [0.1, 0.15) is 38.8 Å². The first-order valence-corrected chi connectivity index (χ1v) is 10.0. The number of amides is 1. The van der Waals surface area contributed by atoms with Crippen molar-refractivity contribution in [2.75, 3.05) is 24.3 Å². The van der Waals surface area contributed by atoms with Gasteiger partial charge in [0.2, 0.25) is 0 Å². The highest BCUT2D eigenvalue weighted by molar-refractivity contribution is 6.30. The summed E-state index contributed by atoms with van der Waals surface area (Å²) >= 11 is 5.86. The number of nitrogens with one attached hydrogen (secondary N) is 2. The molecule has 0 unspecified atom stereocenters. The van der Waals surface area contributed by atoms with Gasteiger partial charge in [-0.25, -0.2) is 4.98 Å². The zero-order chi connectivity index (χ0) is 22.5. The monoisotopic (exact) mass is 434 g/mol. The Hall–Kier alpha value is -3.51. The molecule has 1 amide bonds. The molecule has 6 nitrogen and oxygen atoms in total. The van der Waals surface area contributed by atoms with Gasteiger partial charge in [-0.15, -0.1) is 0 Å². The maximum Gasteiger partial charge on any atom is 0.257 e. The van der Waals surface area contributed by atoms with E-state index >= 15 is 0 Å². The number of halogens is 1. The lowest BCUT2D eigenvalue weighted by Crippen LogP contribution is -2.18. The molecule has 0 aliphatic rings. The van der Waals surface area contributed by atoms with E-state index in [1.807, 2.05) is 25.1 Å². The molecule has 0 aliphatic heterocycles. The Labute approximate surface area is 186 Å². The Balaban J connectivity index is 1.88. The van der Waals surface area contributed by atoms with Gasteiger partial charge in [-0.3, -0.25) is 9.59 Å². The predicted octanol–water partition coefficient (Wildman–Crippen LogP) is 4.87. The van der Waals surface area contributed by atoms with Gasteiger partial charge >= 0.3 is 0 Å². The molecular weight excluding hydrogens is 412 g/mol. The average molecular weight is 435 g/mol. The highest BCUT2D eigenvalue weighted by Gasteiger charge is 2.17. The summed E-state index contributed by atoms with van der Waals surface area (Å²) in [7, 11) is 3.77. The number of anilines is 2. The number of carbonyl (C=O) groups excluding carboxylic acids is 2. The minimum atomic E-state index is -0.351. The lowest BCUT2D eigenvalue weighted by molar-refractivity contribution is 0.0992. The van der Waals surface area contributed by atoms with Gasteiger partial charge < -0.3 is 15.6 Å². The summed E-state index contributed by atoms with van der Waals surface area (Å²) in [5.74, 6) is -0.0823. The van der Waals surface area contributed by atoms with Crippen molar-refractivity contribution in [2.45, 2.75) is 13.3 Å². The number of aromatic nitrogens is 1. The SMILES string of the molecule is CC(=N)c1ccc(C(=O)Cc2ccc(N(C)C)cc2C(=O)Nc2ccc(Cl)cn2)cc1. The molecule has 0 spiro atoms. The van der Waals surface area contributed by atoms with E-state index in [4.69, 9.17) is 17.0 Å². The van der Waals surface area contributed by atoms with E-state index in [0.29, 0.717) is 33.2 Å². The molecule has 0 aliphatic carbocycles. The fourth-order valence-corrected chi connectivity index (χ4v) is 3.13.